The second-order valence-corrected chi connectivity index (χ2v) is 12.0. The molecule has 1 aromatic carbocycles. The highest BCUT2D eigenvalue weighted by atomic mass is 16.6. The number of allylic oxidation sites excluding steroid dienone is 1. The van der Waals surface area contributed by atoms with Crippen molar-refractivity contribution in [2.45, 2.75) is 103 Å². The molecule has 38 heavy (non-hydrogen) atoms. The molecule has 0 aliphatic carbocycles. The van der Waals surface area contributed by atoms with Crippen LogP contribution in [0.3, 0.4) is 0 Å². The Morgan fingerprint density at radius 2 is 1.97 bits per heavy atom. The van der Waals surface area contributed by atoms with E-state index in [0.717, 1.165) is 24.8 Å². The number of ether oxygens (including phenoxy) is 1. The number of benzene rings is 1. The summed E-state index contributed by atoms with van der Waals surface area (Å²) >= 11 is 0. The zero-order valence-electron chi connectivity index (χ0n) is 23.2. The van der Waals surface area contributed by atoms with Gasteiger partial charge in [-0.1, -0.05) is 39.3 Å². The van der Waals surface area contributed by atoms with Gasteiger partial charge >= 0.3 is 0 Å². The number of nitrogens with zero attached hydrogens (tertiary/aromatic N) is 1. The van der Waals surface area contributed by atoms with Gasteiger partial charge in [-0.15, -0.1) is 6.58 Å². The van der Waals surface area contributed by atoms with Crippen LogP contribution < -0.4 is 5.32 Å². The van der Waals surface area contributed by atoms with E-state index in [9.17, 15) is 19.8 Å². The molecule has 8 nitrogen and oxygen atoms in total. The lowest BCUT2D eigenvalue weighted by molar-refractivity contribution is -0.144. The molecule has 2 aromatic rings. The Kier molecular flexibility index (Phi) is 8.17. The Balaban J connectivity index is 1.63. The van der Waals surface area contributed by atoms with E-state index >= 15 is 0 Å². The molecule has 0 bridgehead atoms. The van der Waals surface area contributed by atoms with Crippen LogP contribution in [0.2, 0.25) is 0 Å². The summed E-state index contributed by atoms with van der Waals surface area (Å²) in [6, 6.07) is 5.33. The number of amides is 1. The van der Waals surface area contributed by atoms with Gasteiger partial charge in [-0.05, 0) is 49.8 Å². The average molecular weight is 527 g/mol. The number of rotatable bonds is 3. The lowest BCUT2D eigenvalue weighted by atomic mass is 9.71. The van der Waals surface area contributed by atoms with Crippen LogP contribution >= 0.6 is 0 Å². The topological polar surface area (TPSA) is 125 Å². The van der Waals surface area contributed by atoms with Crippen molar-refractivity contribution in [3.8, 4) is 0 Å². The molecule has 208 valence electrons. The molecule has 2 aliphatic heterocycles. The molecule has 0 spiro atoms. The molecule has 4 rings (SSSR count). The largest absolute Gasteiger partial charge is 0.441 e. The number of fused-ring (bicyclic) bond motifs is 2. The highest BCUT2D eigenvalue weighted by molar-refractivity contribution is 5.88. The summed E-state index contributed by atoms with van der Waals surface area (Å²) in [5.74, 6) is -0.858. The number of aliphatic hydroxyl groups excluding tert-OH is 2. The summed E-state index contributed by atoms with van der Waals surface area (Å²) in [7, 11) is 0. The first-order chi connectivity index (χ1) is 17.9. The third kappa shape index (κ3) is 5.87. The van der Waals surface area contributed by atoms with Crippen molar-refractivity contribution in [3.63, 3.8) is 0 Å². The molecule has 1 amide bonds. The van der Waals surface area contributed by atoms with Crippen molar-refractivity contribution in [3.05, 3.63) is 42.3 Å². The van der Waals surface area contributed by atoms with E-state index in [-0.39, 0.29) is 41.8 Å². The smallest absolute Gasteiger partial charge is 0.223 e. The Hall–Kier alpha value is -2.55. The Bertz CT molecular complexity index is 1190. The minimum Gasteiger partial charge on any atom is -0.441 e. The predicted molar refractivity (Wildman–Crippen MR) is 144 cm³/mol. The van der Waals surface area contributed by atoms with Crippen LogP contribution in [0.5, 0.6) is 0 Å². The van der Waals surface area contributed by atoms with Gasteiger partial charge in [-0.3, -0.25) is 9.59 Å². The Labute approximate surface area is 224 Å². The van der Waals surface area contributed by atoms with Crippen molar-refractivity contribution in [2.75, 3.05) is 0 Å². The van der Waals surface area contributed by atoms with Gasteiger partial charge < -0.3 is 24.7 Å². The van der Waals surface area contributed by atoms with E-state index in [1.54, 1.807) is 26.8 Å². The van der Waals surface area contributed by atoms with E-state index < -0.39 is 23.5 Å². The van der Waals surface area contributed by atoms with Crippen molar-refractivity contribution >= 4 is 22.8 Å². The van der Waals surface area contributed by atoms with Crippen molar-refractivity contribution < 1.29 is 29.0 Å². The molecule has 1 aromatic heterocycles. The van der Waals surface area contributed by atoms with Gasteiger partial charge in [0.2, 0.25) is 5.91 Å². The molecule has 0 saturated carbocycles. The van der Waals surface area contributed by atoms with Crippen LogP contribution in [-0.4, -0.2) is 50.8 Å². The van der Waals surface area contributed by atoms with Gasteiger partial charge in [0.15, 0.2) is 11.5 Å². The number of hydrogen-bond donors (Lipinski definition) is 3. The zero-order valence-corrected chi connectivity index (χ0v) is 23.2. The maximum absolute atomic E-state index is 13.6. The highest BCUT2D eigenvalue weighted by Gasteiger charge is 2.52. The summed E-state index contributed by atoms with van der Waals surface area (Å²) < 4.78 is 11.8. The van der Waals surface area contributed by atoms with Crippen molar-refractivity contribution in [1.29, 1.82) is 0 Å². The number of carbonyl (C=O) groups is 2. The van der Waals surface area contributed by atoms with Crippen LogP contribution in [0.4, 0.5) is 0 Å². The number of oxazole rings is 1. The maximum atomic E-state index is 13.6. The normalized spacial score (nSPS) is 34.9. The van der Waals surface area contributed by atoms with Gasteiger partial charge in [0.05, 0.1) is 41.8 Å². The molecule has 2 saturated heterocycles. The second-order valence-electron chi connectivity index (χ2n) is 12.0. The van der Waals surface area contributed by atoms with Crippen molar-refractivity contribution in [1.82, 2.24) is 10.3 Å². The number of Topliss-reactive ketones (excluding diaryl/α,β-unsaturated/α-hetero) is 1. The molecule has 3 heterocycles. The third-order valence-corrected chi connectivity index (χ3v) is 8.67. The lowest BCUT2D eigenvalue weighted by Crippen LogP contribution is -2.47. The summed E-state index contributed by atoms with van der Waals surface area (Å²) in [5.41, 5.74) is 0.739. The molecule has 0 radical (unpaired) electrons. The molecule has 0 unspecified atom stereocenters. The Morgan fingerprint density at radius 3 is 2.68 bits per heavy atom. The number of ketones is 1. The minimum atomic E-state index is -1.23. The SMILES string of the molecule is C=CC[C@H]1C(=O)C(C)(C)[C@@H](O)CC(=O)N[C@@H](c2ccc3oc(C)nc3c2)C[C@@H]2O[C@]2(C)CCC[C@H](C)[C@@H]1O. The van der Waals surface area contributed by atoms with E-state index in [4.69, 9.17) is 9.15 Å². The number of nitrogens with one attached hydrogen (secondary N) is 1. The molecule has 2 aliphatic rings. The van der Waals surface area contributed by atoms with E-state index in [2.05, 4.69) is 23.8 Å². The van der Waals surface area contributed by atoms with Gasteiger partial charge in [-0.25, -0.2) is 4.98 Å². The molecular weight excluding hydrogens is 484 g/mol. The first-order valence-corrected chi connectivity index (χ1v) is 13.7. The monoisotopic (exact) mass is 526 g/mol. The van der Waals surface area contributed by atoms with E-state index in [1.807, 2.05) is 25.1 Å². The van der Waals surface area contributed by atoms with Crippen LogP contribution in [0.25, 0.3) is 11.1 Å². The molecular formula is C30H42N2O6. The van der Waals surface area contributed by atoms with Crippen LogP contribution in [0.15, 0.2) is 35.3 Å². The fraction of sp³-hybridized carbons (Fsp3) is 0.633. The first-order valence-electron chi connectivity index (χ1n) is 13.7. The number of carbonyl (C=O) groups excluding carboxylic acids is 2. The first kappa shape index (κ1) is 28.5. The average Bonchev–Trinajstić information content (AvgIpc) is 3.32. The second kappa shape index (κ2) is 10.9. The maximum Gasteiger partial charge on any atom is 0.223 e. The minimum absolute atomic E-state index is 0.0351. The van der Waals surface area contributed by atoms with E-state index in [1.165, 1.54) is 0 Å². The summed E-state index contributed by atoms with van der Waals surface area (Å²) in [6.45, 7) is 12.9. The standard InChI is InChI=1S/C30H42N2O6/c1-7-9-20-27(35)17(2)10-8-13-30(6)25(38-30)15-21(19-11-12-23-22(14-19)31-18(3)37-23)32-26(34)16-24(33)29(4,5)28(20)36/h7,11-12,14,17,20-21,24-25,27,33,35H,1,8-10,13,15-16H2,2-6H3,(H,32,34)/t17-,20+,21+,24-,25-,27-,30+/m0/s1. The van der Waals surface area contributed by atoms with Crippen LogP contribution in [-0.2, 0) is 14.3 Å². The number of aryl methyl sites for hydroxylation is 1. The summed E-state index contributed by atoms with van der Waals surface area (Å²) in [5, 5.41) is 25.3. The molecule has 8 heteroatoms. The van der Waals surface area contributed by atoms with Gasteiger partial charge in [0.25, 0.3) is 0 Å². The van der Waals surface area contributed by atoms with Crippen LogP contribution in [0.1, 0.15) is 83.7 Å². The highest BCUT2D eigenvalue weighted by Crippen LogP contribution is 2.46. The number of hydrogen-bond acceptors (Lipinski definition) is 7. The number of aliphatic hydroxyl groups is 2. The number of aromatic nitrogens is 1. The van der Waals surface area contributed by atoms with Crippen LogP contribution in [0, 0.1) is 24.2 Å². The third-order valence-electron chi connectivity index (χ3n) is 8.67. The van der Waals surface area contributed by atoms with Gasteiger partial charge in [0.1, 0.15) is 11.3 Å². The fourth-order valence-corrected chi connectivity index (χ4v) is 5.83. The molecule has 2 fully saturated rings. The fourth-order valence-electron chi connectivity index (χ4n) is 5.83. The molecule has 7 atom stereocenters. The quantitative estimate of drug-likeness (QED) is 0.395. The zero-order chi connectivity index (χ0) is 27.8. The summed E-state index contributed by atoms with van der Waals surface area (Å²) in [4.78, 5) is 31.3. The van der Waals surface area contributed by atoms with Gasteiger partial charge in [0, 0.05) is 19.3 Å². The lowest BCUT2D eigenvalue weighted by Gasteiger charge is -2.36. The Morgan fingerprint density at radius 1 is 1.24 bits per heavy atom. The predicted octanol–water partition coefficient (Wildman–Crippen LogP) is 4.56. The number of epoxide rings is 1. The van der Waals surface area contributed by atoms with Crippen molar-refractivity contribution in [2.24, 2.45) is 17.3 Å². The van der Waals surface area contributed by atoms with Gasteiger partial charge in [-0.2, -0.15) is 0 Å². The molecule has 3 N–H and O–H groups in total. The summed E-state index contributed by atoms with van der Waals surface area (Å²) in [6.07, 6.45) is 2.56. The van der Waals surface area contributed by atoms with E-state index in [0.29, 0.717) is 29.8 Å².